The van der Waals surface area contributed by atoms with Crippen molar-refractivity contribution in [1.29, 1.82) is 0 Å². The van der Waals surface area contributed by atoms with Gasteiger partial charge in [-0.1, -0.05) is 25.1 Å². The Labute approximate surface area is 139 Å². The van der Waals surface area contributed by atoms with Gasteiger partial charge in [0.05, 0.1) is 12.7 Å². The first-order valence-corrected chi connectivity index (χ1v) is 8.50. The molecule has 23 heavy (non-hydrogen) atoms. The van der Waals surface area contributed by atoms with Crippen LogP contribution in [0.5, 0.6) is 5.75 Å². The largest absolute Gasteiger partial charge is 0.497 e. The van der Waals surface area contributed by atoms with Gasteiger partial charge in [0.25, 0.3) is 5.91 Å². The summed E-state index contributed by atoms with van der Waals surface area (Å²) in [5.41, 5.74) is 1.80. The number of rotatable bonds is 5. The Kier molecular flexibility index (Phi) is 4.63. The normalized spacial score (nSPS) is 10.7. The van der Waals surface area contributed by atoms with Gasteiger partial charge in [-0.25, -0.2) is 0 Å². The van der Waals surface area contributed by atoms with Gasteiger partial charge >= 0.3 is 0 Å². The molecule has 0 aliphatic carbocycles. The Hall–Kier alpha value is -2.33. The molecule has 3 rings (SSSR count). The van der Waals surface area contributed by atoms with E-state index < -0.39 is 0 Å². The van der Waals surface area contributed by atoms with Crippen molar-refractivity contribution in [2.24, 2.45) is 0 Å². The molecule has 3 nitrogen and oxygen atoms in total. The van der Waals surface area contributed by atoms with Crippen LogP contribution in [0.15, 0.2) is 48.5 Å². The van der Waals surface area contributed by atoms with Crippen molar-refractivity contribution >= 4 is 27.3 Å². The number of amides is 1. The summed E-state index contributed by atoms with van der Waals surface area (Å²) >= 11 is 1.65. The van der Waals surface area contributed by atoms with Gasteiger partial charge in [-0.15, -0.1) is 11.3 Å². The topological polar surface area (TPSA) is 38.3 Å². The Morgan fingerprint density at radius 1 is 1.13 bits per heavy atom. The molecule has 0 spiro atoms. The molecule has 1 N–H and O–H groups in total. The molecular formula is C19H19NO2S. The highest BCUT2D eigenvalue weighted by Gasteiger charge is 2.19. The Bertz CT molecular complexity index is 821. The number of hydrogen-bond acceptors (Lipinski definition) is 3. The molecule has 1 aromatic heterocycles. The van der Waals surface area contributed by atoms with Crippen LogP contribution in [0.3, 0.4) is 0 Å². The van der Waals surface area contributed by atoms with E-state index in [4.69, 9.17) is 4.74 Å². The summed E-state index contributed by atoms with van der Waals surface area (Å²) in [5.74, 6) is 0.807. The van der Waals surface area contributed by atoms with E-state index in [1.165, 1.54) is 0 Å². The molecule has 1 amide bonds. The molecule has 0 aliphatic heterocycles. The standard InChI is InChI=1S/C19H19NO2S/c1-3-12-20-19(21)17-15-6-4-5-7-16(15)23-18(17)13-8-10-14(22-2)11-9-13/h4-11H,3,12H2,1-2H3,(H,20,21). The van der Waals surface area contributed by atoms with E-state index in [0.717, 1.165) is 38.3 Å². The van der Waals surface area contributed by atoms with Crippen LogP contribution < -0.4 is 10.1 Å². The molecule has 3 aromatic rings. The molecule has 2 aromatic carbocycles. The molecule has 0 saturated heterocycles. The smallest absolute Gasteiger partial charge is 0.253 e. The van der Waals surface area contributed by atoms with Crippen LogP contribution in [0.1, 0.15) is 23.7 Å². The second-order valence-electron chi connectivity index (χ2n) is 5.29. The fourth-order valence-corrected chi connectivity index (χ4v) is 3.75. The van der Waals surface area contributed by atoms with Gasteiger partial charge in [-0.2, -0.15) is 0 Å². The molecule has 0 radical (unpaired) electrons. The monoisotopic (exact) mass is 325 g/mol. The van der Waals surface area contributed by atoms with Gasteiger partial charge < -0.3 is 10.1 Å². The number of fused-ring (bicyclic) bond motifs is 1. The van der Waals surface area contributed by atoms with Gasteiger partial charge in [0.2, 0.25) is 0 Å². The molecule has 0 fully saturated rings. The third-order valence-corrected chi connectivity index (χ3v) is 4.93. The predicted octanol–water partition coefficient (Wildman–Crippen LogP) is 4.72. The number of methoxy groups -OCH3 is 1. The zero-order valence-electron chi connectivity index (χ0n) is 13.3. The van der Waals surface area contributed by atoms with Crippen molar-refractivity contribution in [1.82, 2.24) is 5.32 Å². The summed E-state index contributed by atoms with van der Waals surface area (Å²) in [6.07, 6.45) is 0.922. The maximum absolute atomic E-state index is 12.7. The molecule has 118 valence electrons. The second kappa shape index (κ2) is 6.84. The number of thiophene rings is 1. The van der Waals surface area contributed by atoms with E-state index in [2.05, 4.69) is 18.3 Å². The third kappa shape index (κ3) is 3.08. The van der Waals surface area contributed by atoms with Gasteiger partial charge in [-0.05, 0) is 42.3 Å². The minimum atomic E-state index is -0.00452. The van der Waals surface area contributed by atoms with E-state index in [1.807, 2.05) is 42.5 Å². The minimum absolute atomic E-state index is 0.00452. The highest BCUT2D eigenvalue weighted by Crippen LogP contribution is 2.39. The summed E-state index contributed by atoms with van der Waals surface area (Å²) in [5, 5.41) is 4.01. The number of carbonyl (C=O) groups excluding carboxylic acids is 1. The van der Waals surface area contributed by atoms with Gasteiger partial charge in [-0.3, -0.25) is 4.79 Å². The van der Waals surface area contributed by atoms with Gasteiger partial charge in [0, 0.05) is 21.5 Å². The molecular weight excluding hydrogens is 306 g/mol. The van der Waals surface area contributed by atoms with E-state index >= 15 is 0 Å². The molecule has 4 heteroatoms. The number of ether oxygens (including phenoxy) is 1. The summed E-state index contributed by atoms with van der Waals surface area (Å²) in [4.78, 5) is 13.7. The van der Waals surface area contributed by atoms with E-state index in [0.29, 0.717) is 6.54 Å². The van der Waals surface area contributed by atoms with Crippen LogP contribution in [-0.2, 0) is 0 Å². The average molecular weight is 325 g/mol. The molecule has 1 heterocycles. The summed E-state index contributed by atoms with van der Waals surface area (Å²) < 4.78 is 6.34. The van der Waals surface area contributed by atoms with Crippen LogP contribution in [-0.4, -0.2) is 19.6 Å². The van der Waals surface area contributed by atoms with Crippen molar-refractivity contribution in [3.8, 4) is 16.2 Å². The predicted molar refractivity (Wildman–Crippen MR) is 96.4 cm³/mol. The first-order valence-electron chi connectivity index (χ1n) is 7.68. The Morgan fingerprint density at radius 2 is 1.87 bits per heavy atom. The lowest BCUT2D eigenvalue weighted by molar-refractivity contribution is 0.0956. The van der Waals surface area contributed by atoms with Crippen LogP contribution in [0, 0.1) is 0 Å². The lowest BCUT2D eigenvalue weighted by Crippen LogP contribution is -2.24. The van der Waals surface area contributed by atoms with Crippen LogP contribution >= 0.6 is 11.3 Å². The summed E-state index contributed by atoms with van der Waals surface area (Å²) in [6.45, 7) is 2.74. The lowest BCUT2D eigenvalue weighted by atomic mass is 10.0. The molecule has 0 bridgehead atoms. The van der Waals surface area contributed by atoms with Crippen molar-refractivity contribution in [3.63, 3.8) is 0 Å². The minimum Gasteiger partial charge on any atom is -0.497 e. The zero-order chi connectivity index (χ0) is 16.2. The van der Waals surface area contributed by atoms with Crippen LogP contribution in [0.2, 0.25) is 0 Å². The number of nitrogens with one attached hydrogen (secondary N) is 1. The fourth-order valence-electron chi connectivity index (χ4n) is 2.54. The van der Waals surface area contributed by atoms with Crippen LogP contribution in [0.4, 0.5) is 0 Å². The molecule has 0 aliphatic rings. The van der Waals surface area contributed by atoms with Crippen molar-refractivity contribution in [2.75, 3.05) is 13.7 Å². The maximum atomic E-state index is 12.7. The zero-order valence-corrected chi connectivity index (χ0v) is 14.1. The van der Waals surface area contributed by atoms with E-state index in [9.17, 15) is 4.79 Å². The third-order valence-electron chi connectivity index (χ3n) is 3.71. The van der Waals surface area contributed by atoms with Crippen LogP contribution in [0.25, 0.3) is 20.5 Å². The first kappa shape index (κ1) is 15.6. The molecule has 0 unspecified atom stereocenters. The first-order chi connectivity index (χ1) is 11.2. The van der Waals surface area contributed by atoms with Crippen molar-refractivity contribution < 1.29 is 9.53 Å². The maximum Gasteiger partial charge on any atom is 0.253 e. The molecule has 0 saturated carbocycles. The average Bonchev–Trinajstić information content (AvgIpc) is 2.99. The van der Waals surface area contributed by atoms with Gasteiger partial charge in [0.15, 0.2) is 0 Å². The highest BCUT2D eigenvalue weighted by atomic mass is 32.1. The van der Waals surface area contributed by atoms with E-state index in [-0.39, 0.29) is 5.91 Å². The number of hydrogen-bond donors (Lipinski definition) is 1. The van der Waals surface area contributed by atoms with E-state index in [1.54, 1.807) is 18.4 Å². The summed E-state index contributed by atoms with van der Waals surface area (Å²) in [7, 11) is 1.65. The second-order valence-corrected chi connectivity index (χ2v) is 6.34. The lowest BCUT2D eigenvalue weighted by Gasteiger charge is -2.07. The van der Waals surface area contributed by atoms with Crippen molar-refractivity contribution in [2.45, 2.75) is 13.3 Å². The quantitative estimate of drug-likeness (QED) is 0.737. The Morgan fingerprint density at radius 3 is 2.57 bits per heavy atom. The summed E-state index contributed by atoms with van der Waals surface area (Å²) in [6, 6.07) is 15.9. The molecule has 0 atom stereocenters. The number of carbonyl (C=O) groups is 1. The van der Waals surface area contributed by atoms with Gasteiger partial charge in [0.1, 0.15) is 5.75 Å². The SMILES string of the molecule is CCCNC(=O)c1c(-c2ccc(OC)cc2)sc2ccccc12. The number of benzene rings is 2. The highest BCUT2D eigenvalue weighted by molar-refractivity contribution is 7.22. The Balaban J connectivity index is 2.12. The van der Waals surface area contributed by atoms with Crippen molar-refractivity contribution in [3.05, 3.63) is 54.1 Å². The fraction of sp³-hybridized carbons (Fsp3) is 0.211.